The van der Waals surface area contributed by atoms with Gasteiger partial charge in [0.05, 0.1) is 31.5 Å². The highest BCUT2D eigenvalue weighted by molar-refractivity contribution is 5.58. The number of hydrogen-bond donors (Lipinski definition) is 3. The van der Waals surface area contributed by atoms with Gasteiger partial charge < -0.3 is 29.9 Å². The summed E-state index contributed by atoms with van der Waals surface area (Å²) in [5.41, 5.74) is 2.05. The minimum atomic E-state index is -0.754. The average molecular weight is 446 g/mol. The Morgan fingerprint density at radius 3 is 2.47 bits per heavy atom. The molecular weight excluding hydrogens is 413 g/mol. The first-order valence-electron chi connectivity index (χ1n) is 11.1. The molecule has 2 heterocycles. The molecule has 0 bridgehead atoms. The van der Waals surface area contributed by atoms with Gasteiger partial charge in [-0.3, -0.25) is 4.90 Å². The highest BCUT2D eigenvalue weighted by Gasteiger charge is 2.46. The van der Waals surface area contributed by atoms with E-state index >= 15 is 0 Å². The van der Waals surface area contributed by atoms with Crippen LogP contribution in [-0.4, -0.2) is 85.9 Å². The lowest BCUT2D eigenvalue weighted by Crippen LogP contribution is -2.57. The smallest absolute Gasteiger partial charge is 0.142 e. The quantitative estimate of drug-likeness (QED) is 0.564. The molecule has 0 amide bonds. The first kappa shape index (κ1) is 22.9. The maximum atomic E-state index is 13.1. The average Bonchev–Trinajstić information content (AvgIpc) is 3.15. The van der Waals surface area contributed by atoms with Gasteiger partial charge in [-0.1, -0.05) is 24.3 Å². The van der Waals surface area contributed by atoms with Gasteiger partial charge in [0.1, 0.15) is 23.8 Å². The molecule has 2 saturated heterocycles. The summed E-state index contributed by atoms with van der Waals surface area (Å²) >= 11 is 0. The molecule has 174 valence electrons. The Hall–Kier alpha value is -2.23. The van der Waals surface area contributed by atoms with E-state index in [1.807, 2.05) is 18.2 Å². The lowest BCUT2D eigenvalue weighted by atomic mass is 10.0. The number of ether oxygens (including phenoxy) is 2. The van der Waals surface area contributed by atoms with Crippen molar-refractivity contribution in [2.24, 2.45) is 0 Å². The maximum absolute atomic E-state index is 13.1. The first-order valence-corrected chi connectivity index (χ1v) is 11.1. The number of nitrogens with one attached hydrogen (secondary N) is 1. The fourth-order valence-corrected chi connectivity index (χ4v) is 4.71. The molecule has 4 rings (SSSR count). The number of aliphatic hydroxyl groups is 2. The predicted octanol–water partition coefficient (Wildman–Crippen LogP) is 1.24. The van der Waals surface area contributed by atoms with Gasteiger partial charge in [-0.15, -0.1) is 0 Å². The second-order valence-electron chi connectivity index (χ2n) is 8.33. The molecule has 2 fully saturated rings. The third-order valence-corrected chi connectivity index (χ3v) is 6.39. The van der Waals surface area contributed by atoms with Gasteiger partial charge >= 0.3 is 0 Å². The summed E-state index contributed by atoms with van der Waals surface area (Å²) in [7, 11) is 1.68. The van der Waals surface area contributed by atoms with E-state index in [1.165, 1.54) is 12.1 Å². The zero-order chi connectivity index (χ0) is 22.5. The molecule has 8 heteroatoms. The molecule has 2 aromatic rings. The molecule has 4 atom stereocenters. The summed E-state index contributed by atoms with van der Waals surface area (Å²) < 4.78 is 24.6. The molecule has 0 aromatic heterocycles. The van der Waals surface area contributed by atoms with E-state index in [9.17, 15) is 14.6 Å². The number of rotatable bonds is 8. The minimum absolute atomic E-state index is 0.201. The fraction of sp³-hybridized carbons (Fsp3) is 0.500. The van der Waals surface area contributed by atoms with Crippen molar-refractivity contribution >= 4 is 5.69 Å². The SMILES string of the molecule is COc1ccccc1N1CCN(C2C(CNCc3ccc(F)cc3)OC(CO)C2O)CC1. The summed E-state index contributed by atoms with van der Waals surface area (Å²) in [6, 6.07) is 14.2. The van der Waals surface area contributed by atoms with Gasteiger partial charge in [-0.2, -0.15) is 0 Å². The normalized spacial score (nSPS) is 26.4. The van der Waals surface area contributed by atoms with Crippen LogP contribution >= 0.6 is 0 Å². The molecule has 2 aliphatic rings. The van der Waals surface area contributed by atoms with Gasteiger partial charge in [0.25, 0.3) is 0 Å². The van der Waals surface area contributed by atoms with E-state index in [-0.39, 0.29) is 24.6 Å². The summed E-state index contributed by atoms with van der Waals surface area (Å²) in [6.45, 7) is 4.06. The zero-order valence-corrected chi connectivity index (χ0v) is 18.4. The Balaban J connectivity index is 1.37. The van der Waals surface area contributed by atoms with Crippen molar-refractivity contribution < 1.29 is 24.1 Å². The van der Waals surface area contributed by atoms with E-state index in [1.54, 1.807) is 19.2 Å². The number of methoxy groups -OCH3 is 1. The van der Waals surface area contributed by atoms with Crippen LogP contribution in [0.5, 0.6) is 5.75 Å². The van der Waals surface area contributed by atoms with Crippen LogP contribution in [0.1, 0.15) is 5.56 Å². The Morgan fingerprint density at radius 2 is 1.78 bits per heavy atom. The van der Waals surface area contributed by atoms with Crippen LogP contribution in [-0.2, 0) is 11.3 Å². The van der Waals surface area contributed by atoms with Gasteiger partial charge in [-0.25, -0.2) is 4.39 Å². The lowest BCUT2D eigenvalue weighted by molar-refractivity contribution is -0.0213. The van der Waals surface area contributed by atoms with Crippen molar-refractivity contribution in [3.8, 4) is 5.75 Å². The van der Waals surface area contributed by atoms with Crippen molar-refractivity contribution in [2.45, 2.75) is 30.9 Å². The predicted molar refractivity (Wildman–Crippen MR) is 120 cm³/mol. The number of benzene rings is 2. The maximum Gasteiger partial charge on any atom is 0.142 e. The van der Waals surface area contributed by atoms with Crippen LogP contribution in [0, 0.1) is 5.82 Å². The molecule has 0 saturated carbocycles. The number of piperazine rings is 1. The monoisotopic (exact) mass is 445 g/mol. The highest BCUT2D eigenvalue weighted by atomic mass is 19.1. The molecule has 0 spiro atoms. The second kappa shape index (κ2) is 10.6. The van der Waals surface area contributed by atoms with Gasteiger partial charge in [0.15, 0.2) is 0 Å². The number of para-hydroxylation sites is 2. The summed E-state index contributed by atoms with van der Waals surface area (Å²) in [6.07, 6.45) is -1.60. The molecule has 0 aliphatic carbocycles. The molecule has 32 heavy (non-hydrogen) atoms. The Bertz CT molecular complexity index is 861. The fourth-order valence-electron chi connectivity index (χ4n) is 4.71. The van der Waals surface area contributed by atoms with Crippen LogP contribution in [0.3, 0.4) is 0 Å². The van der Waals surface area contributed by atoms with Crippen LogP contribution in [0.25, 0.3) is 0 Å². The molecular formula is C24H32FN3O4. The molecule has 2 aliphatic heterocycles. The van der Waals surface area contributed by atoms with Crippen LogP contribution in [0.15, 0.2) is 48.5 Å². The Kier molecular flexibility index (Phi) is 7.59. The van der Waals surface area contributed by atoms with Gasteiger partial charge in [-0.05, 0) is 29.8 Å². The van der Waals surface area contributed by atoms with Crippen molar-refractivity contribution in [3.05, 3.63) is 59.9 Å². The number of aliphatic hydroxyl groups excluding tert-OH is 2. The number of anilines is 1. The van der Waals surface area contributed by atoms with E-state index in [0.29, 0.717) is 13.1 Å². The van der Waals surface area contributed by atoms with Crippen molar-refractivity contribution in [1.82, 2.24) is 10.2 Å². The second-order valence-corrected chi connectivity index (χ2v) is 8.33. The lowest BCUT2D eigenvalue weighted by Gasteiger charge is -2.41. The minimum Gasteiger partial charge on any atom is -0.495 e. The molecule has 7 nitrogen and oxygen atoms in total. The molecule has 2 aromatic carbocycles. The zero-order valence-electron chi connectivity index (χ0n) is 18.4. The van der Waals surface area contributed by atoms with E-state index in [4.69, 9.17) is 9.47 Å². The van der Waals surface area contributed by atoms with Crippen molar-refractivity contribution in [2.75, 3.05) is 51.3 Å². The largest absolute Gasteiger partial charge is 0.495 e. The van der Waals surface area contributed by atoms with Crippen molar-refractivity contribution in [3.63, 3.8) is 0 Å². The number of halogens is 1. The van der Waals surface area contributed by atoms with E-state index in [0.717, 1.165) is 43.2 Å². The summed E-state index contributed by atoms with van der Waals surface area (Å²) in [5, 5.41) is 23.9. The topological polar surface area (TPSA) is 77.4 Å². The third kappa shape index (κ3) is 5.05. The van der Waals surface area contributed by atoms with Crippen LogP contribution in [0.4, 0.5) is 10.1 Å². The van der Waals surface area contributed by atoms with Gasteiger partial charge in [0, 0.05) is 39.3 Å². The Morgan fingerprint density at radius 1 is 1.06 bits per heavy atom. The van der Waals surface area contributed by atoms with Crippen LogP contribution < -0.4 is 15.0 Å². The first-order chi connectivity index (χ1) is 15.6. The number of nitrogens with zero attached hydrogens (tertiary/aromatic N) is 2. The van der Waals surface area contributed by atoms with Gasteiger partial charge in [0.2, 0.25) is 0 Å². The molecule has 4 unspecified atom stereocenters. The Labute approximate surface area is 188 Å². The standard InChI is InChI=1S/C24H32FN3O4/c1-31-20-5-3-2-4-19(20)27-10-12-28(13-11-27)23-21(32-22(16-29)24(23)30)15-26-14-17-6-8-18(25)9-7-17/h2-9,21-24,26,29-30H,10-16H2,1H3. The van der Waals surface area contributed by atoms with E-state index in [2.05, 4.69) is 21.2 Å². The highest BCUT2D eigenvalue weighted by Crippen LogP contribution is 2.31. The van der Waals surface area contributed by atoms with Crippen molar-refractivity contribution in [1.29, 1.82) is 0 Å². The van der Waals surface area contributed by atoms with Crippen LogP contribution in [0.2, 0.25) is 0 Å². The third-order valence-electron chi connectivity index (χ3n) is 6.39. The van der Waals surface area contributed by atoms with E-state index < -0.39 is 12.2 Å². The summed E-state index contributed by atoms with van der Waals surface area (Å²) in [4.78, 5) is 4.55. The number of hydrogen-bond acceptors (Lipinski definition) is 7. The molecule has 0 radical (unpaired) electrons. The molecule has 3 N–H and O–H groups in total. The summed E-state index contributed by atoms with van der Waals surface area (Å²) in [5.74, 6) is 0.600.